The Morgan fingerprint density at radius 3 is 2.19 bits per heavy atom. The van der Waals surface area contributed by atoms with E-state index in [0.717, 1.165) is 23.7 Å². The fourth-order valence-corrected chi connectivity index (χ4v) is 3.32. The number of hydrogen-bond acceptors (Lipinski definition) is 0. The molecule has 0 aromatic rings. The first-order valence-electron chi connectivity index (χ1n) is 7.42. The van der Waals surface area contributed by atoms with E-state index >= 15 is 0 Å². The molecule has 2 rings (SSSR count). The van der Waals surface area contributed by atoms with Crippen LogP contribution in [0.2, 0.25) is 0 Å². The van der Waals surface area contributed by atoms with Crippen LogP contribution in [0.4, 0.5) is 0 Å². The van der Waals surface area contributed by atoms with Gasteiger partial charge in [0.25, 0.3) is 0 Å². The largest absolute Gasteiger partial charge is 0.0854 e. The lowest BCUT2D eigenvalue weighted by Crippen LogP contribution is -2.14. The van der Waals surface area contributed by atoms with Crippen molar-refractivity contribution in [3.8, 4) is 0 Å². The zero-order valence-electron chi connectivity index (χ0n) is 11.1. The second kappa shape index (κ2) is 5.89. The summed E-state index contributed by atoms with van der Waals surface area (Å²) in [5.74, 6) is 3.82. The first-order chi connectivity index (χ1) is 7.74. The third kappa shape index (κ3) is 3.64. The summed E-state index contributed by atoms with van der Waals surface area (Å²) in [6, 6.07) is 0. The summed E-state index contributed by atoms with van der Waals surface area (Å²) in [7, 11) is 0. The minimum atomic E-state index is 0.840. The first-order valence-corrected chi connectivity index (χ1v) is 7.42. The van der Waals surface area contributed by atoms with Crippen molar-refractivity contribution < 1.29 is 0 Å². The van der Waals surface area contributed by atoms with Crippen molar-refractivity contribution in [2.24, 2.45) is 23.7 Å². The molecule has 2 aliphatic rings. The van der Waals surface area contributed by atoms with Gasteiger partial charge in [-0.05, 0) is 49.4 Å². The summed E-state index contributed by atoms with van der Waals surface area (Å²) in [6.45, 7) is 4.76. The van der Waals surface area contributed by atoms with Gasteiger partial charge in [-0.2, -0.15) is 0 Å². The van der Waals surface area contributed by atoms with Crippen LogP contribution in [0.25, 0.3) is 0 Å². The third-order valence-electron chi connectivity index (χ3n) is 4.79. The van der Waals surface area contributed by atoms with Gasteiger partial charge in [-0.15, -0.1) is 0 Å². The monoisotopic (exact) mass is 220 g/mol. The fraction of sp³-hybridized carbons (Fsp3) is 0.875. The Labute approximate surface area is 102 Å². The van der Waals surface area contributed by atoms with Crippen LogP contribution in [-0.4, -0.2) is 0 Å². The van der Waals surface area contributed by atoms with E-state index in [4.69, 9.17) is 0 Å². The molecule has 0 radical (unpaired) electrons. The second-order valence-electron chi connectivity index (χ2n) is 6.40. The molecule has 0 N–H and O–H groups in total. The quantitative estimate of drug-likeness (QED) is 0.574. The van der Waals surface area contributed by atoms with Crippen molar-refractivity contribution in [1.29, 1.82) is 0 Å². The smallest absolute Gasteiger partial charge is 0.0233 e. The molecular formula is C16H28. The normalized spacial score (nSPS) is 39.9. The maximum atomic E-state index is 2.50. The van der Waals surface area contributed by atoms with Crippen LogP contribution in [-0.2, 0) is 0 Å². The molecule has 0 aliphatic heterocycles. The molecule has 1 saturated carbocycles. The summed E-state index contributed by atoms with van der Waals surface area (Å²) in [6.07, 6.45) is 16.8. The fourth-order valence-electron chi connectivity index (χ4n) is 3.32. The molecule has 0 spiro atoms. The summed E-state index contributed by atoms with van der Waals surface area (Å²) in [4.78, 5) is 0. The molecule has 0 nitrogen and oxygen atoms in total. The van der Waals surface area contributed by atoms with Crippen molar-refractivity contribution in [3.63, 3.8) is 0 Å². The molecule has 2 unspecified atom stereocenters. The molecule has 0 amide bonds. The molecule has 92 valence electrons. The van der Waals surface area contributed by atoms with Crippen LogP contribution >= 0.6 is 0 Å². The van der Waals surface area contributed by atoms with Crippen LogP contribution in [0.1, 0.15) is 65.2 Å². The maximum absolute atomic E-state index is 2.50. The molecule has 2 atom stereocenters. The molecule has 16 heavy (non-hydrogen) atoms. The lowest BCUT2D eigenvalue weighted by Gasteiger charge is -2.28. The highest BCUT2D eigenvalue weighted by Gasteiger charge is 2.20. The van der Waals surface area contributed by atoms with Gasteiger partial charge >= 0.3 is 0 Å². The molecular weight excluding hydrogens is 192 g/mol. The van der Waals surface area contributed by atoms with Crippen molar-refractivity contribution in [1.82, 2.24) is 0 Å². The highest BCUT2D eigenvalue weighted by atomic mass is 14.3. The minimum absolute atomic E-state index is 0.840. The Kier molecular flexibility index (Phi) is 4.49. The average Bonchev–Trinajstić information content (AvgIpc) is 2.30. The number of rotatable bonds is 3. The van der Waals surface area contributed by atoms with Crippen LogP contribution < -0.4 is 0 Å². The SMILES string of the molecule is CC1C=CC(CCC2CCC(C)CC2)CC1. The Bertz CT molecular complexity index is 220. The zero-order chi connectivity index (χ0) is 11.4. The molecule has 0 bridgehead atoms. The van der Waals surface area contributed by atoms with Crippen LogP contribution in [0.5, 0.6) is 0 Å². The topological polar surface area (TPSA) is 0 Å². The van der Waals surface area contributed by atoms with E-state index in [0.29, 0.717) is 0 Å². The molecule has 0 aromatic carbocycles. The third-order valence-corrected chi connectivity index (χ3v) is 4.79. The van der Waals surface area contributed by atoms with Crippen molar-refractivity contribution in [3.05, 3.63) is 12.2 Å². The van der Waals surface area contributed by atoms with E-state index in [1.165, 1.54) is 51.4 Å². The van der Waals surface area contributed by atoms with E-state index in [1.54, 1.807) is 0 Å². The van der Waals surface area contributed by atoms with Crippen molar-refractivity contribution in [2.45, 2.75) is 65.2 Å². The van der Waals surface area contributed by atoms with Gasteiger partial charge in [0, 0.05) is 0 Å². The maximum Gasteiger partial charge on any atom is -0.0233 e. The highest BCUT2D eigenvalue weighted by Crippen LogP contribution is 2.33. The lowest BCUT2D eigenvalue weighted by atomic mass is 9.78. The standard InChI is InChI=1S/C16H28/c1-13-3-7-15(8-4-13)11-12-16-9-5-14(2)6-10-16/h3,7,13-16H,4-6,8-12H2,1-2H3. The zero-order valence-corrected chi connectivity index (χ0v) is 11.1. The average molecular weight is 220 g/mol. The van der Waals surface area contributed by atoms with E-state index in [2.05, 4.69) is 26.0 Å². The Balaban J connectivity index is 1.66. The van der Waals surface area contributed by atoms with Gasteiger partial charge in [0.1, 0.15) is 0 Å². The second-order valence-corrected chi connectivity index (χ2v) is 6.40. The summed E-state index contributed by atoms with van der Waals surface area (Å²) in [5, 5.41) is 0. The summed E-state index contributed by atoms with van der Waals surface area (Å²) in [5.41, 5.74) is 0. The van der Waals surface area contributed by atoms with Gasteiger partial charge in [0.2, 0.25) is 0 Å². The van der Waals surface area contributed by atoms with E-state index in [-0.39, 0.29) is 0 Å². The molecule has 1 fully saturated rings. The van der Waals surface area contributed by atoms with Gasteiger partial charge in [-0.1, -0.05) is 51.7 Å². The predicted octanol–water partition coefficient (Wildman–Crippen LogP) is 5.20. The van der Waals surface area contributed by atoms with Gasteiger partial charge in [-0.3, -0.25) is 0 Å². The number of hydrogen-bond donors (Lipinski definition) is 0. The summed E-state index contributed by atoms with van der Waals surface area (Å²) < 4.78 is 0. The Morgan fingerprint density at radius 1 is 0.812 bits per heavy atom. The highest BCUT2D eigenvalue weighted by molar-refractivity contribution is 4.96. The Hall–Kier alpha value is -0.260. The molecule has 0 saturated heterocycles. The van der Waals surface area contributed by atoms with Gasteiger partial charge in [0.05, 0.1) is 0 Å². The Morgan fingerprint density at radius 2 is 1.56 bits per heavy atom. The van der Waals surface area contributed by atoms with Crippen molar-refractivity contribution in [2.75, 3.05) is 0 Å². The number of allylic oxidation sites excluding steroid dienone is 2. The lowest BCUT2D eigenvalue weighted by molar-refractivity contribution is 0.262. The van der Waals surface area contributed by atoms with Crippen LogP contribution in [0, 0.1) is 23.7 Å². The van der Waals surface area contributed by atoms with Crippen LogP contribution in [0.15, 0.2) is 12.2 Å². The first kappa shape index (κ1) is 12.2. The molecule has 0 aromatic heterocycles. The molecule has 2 aliphatic carbocycles. The van der Waals surface area contributed by atoms with E-state index < -0.39 is 0 Å². The molecule has 0 heteroatoms. The van der Waals surface area contributed by atoms with E-state index in [9.17, 15) is 0 Å². The predicted molar refractivity (Wildman–Crippen MR) is 71.4 cm³/mol. The summed E-state index contributed by atoms with van der Waals surface area (Å²) >= 11 is 0. The molecule has 0 heterocycles. The van der Waals surface area contributed by atoms with Crippen LogP contribution in [0.3, 0.4) is 0 Å². The van der Waals surface area contributed by atoms with E-state index in [1.807, 2.05) is 0 Å². The van der Waals surface area contributed by atoms with Crippen molar-refractivity contribution >= 4 is 0 Å². The van der Waals surface area contributed by atoms with Gasteiger partial charge < -0.3 is 0 Å². The minimum Gasteiger partial charge on any atom is -0.0854 e. The van der Waals surface area contributed by atoms with Gasteiger partial charge in [-0.25, -0.2) is 0 Å². The van der Waals surface area contributed by atoms with Gasteiger partial charge in [0.15, 0.2) is 0 Å².